The molecule has 82 valence electrons. The summed E-state index contributed by atoms with van der Waals surface area (Å²) in [5, 5.41) is 14.1. The van der Waals surface area contributed by atoms with Gasteiger partial charge < -0.3 is 15.1 Å². The summed E-state index contributed by atoms with van der Waals surface area (Å²) in [5.74, 6) is 0.553. The van der Waals surface area contributed by atoms with E-state index in [0.29, 0.717) is 11.9 Å². The second-order valence-electron chi connectivity index (χ2n) is 3.82. The predicted octanol–water partition coefficient (Wildman–Crippen LogP) is 1.12. The Balaban J connectivity index is 1.74. The van der Waals surface area contributed by atoms with Crippen LogP contribution in [0, 0.1) is 0 Å². The van der Waals surface area contributed by atoms with Gasteiger partial charge in [-0.1, -0.05) is 0 Å². The van der Waals surface area contributed by atoms with Crippen LogP contribution in [0.3, 0.4) is 0 Å². The average molecular weight is 216 g/mol. The lowest BCUT2D eigenvalue weighted by Gasteiger charge is -2.28. The molecule has 1 aliphatic heterocycles. The molecule has 16 heavy (non-hydrogen) atoms. The second kappa shape index (κ2) is 3.94. The van der Waals surface area contributed by atoms with Crippen LogP contribution in [0.15, 0.2) is 35.1 Å². The third kappa shape index (κ3) is 1.77. The highest BCUT2D eigenvalue weighted by Crippen LogP contribution is 2.19. The SMILES string of the molecule is c1nnc(-c2ccc(NC3CNC3)cc2)o1. The minimum atomic E-state index is 0.550. The molecule has 0 aliphatic carbocycles. The molecule has 1 aliphatic rings. The van der Waals surface area contributed by atoms with Crippen LogP contribution in [0.25, 0.3) is 11.5 Å². The Kier molecular flexibility index (Phi) is 2.30. The smallest absolute Gasteiger partial charge is 0.247 e. The van der Waals surface area contributed by atoms with E-state index in [1.165, 1.54) is 6.39 Å². The van der Waals surface area contributed by atoms with Crippen LogP contribution in [0.1, 0.15) is 0 Å². The average Bonchev–Trinajstić information content (AvgIpc) is 2.78. The van der Waals surface area contributed by atoms with Crippen molar-refractivity contribution in [3.05, 3.63) is 30.7 Å². The molecule has 2 aromatic rings. The zero-order chi connectivity index (χ0) is 10.8. The molecule has 3 rings (SSSR count). The maximum Gasteiger partial charge on any atom is 0.247 e. The standard InChI is InChI=1S/C11H12N4O/c1-3-9(14-10-5-12-6-10)4-2-8(1)11-15-13-7-16-11/h1-4,7,10,12,14H,5-6H2. The summed E-state index contributed by atoms with van der Waals surface area (Å²) in [4.78, 5) is 0. The van der Waals surface area contributed by atoms with Crippen molar-refractivity contribution < 1.29 is 4.42 Å². The molecular formula is C11H12N4O. The molecule has 0 atom stereocenters. The van der Waals surface area contributed by atoms with E-state index in [9.17, 15) is 0 Å². The highest BCUT2D eigenvalue weighted by atomic mass is 16.4. The molecule has 0 bridgehead atoms. The second-order valence-corrected chi connectivity index (χ2v) is 3.82. The van der Waals surface area contributed by atoms with Crippen LogP contribution in [0.4, 0.5) is 5.69 Å². The third-order valence-electron chi connectivity index (χ3n) is 2.64. The number of benzene rings is 1. The van der Waals surface area contributed by atoms with E-state index < -0.39 is 0 Å². The molecule has 2 heterocycles. The van der Waals surface area contributed by atoms with Gasteiger partial charge in [0.15, 0.2) is 0 Å². The van der Waals surface area contributed by atoms with Gasteiger partial charge in [0.05, 0.1) is 6.04 Å². The van der Waals surface area contributed by atoms with Crippen LogP contribution in [-0.4, -0.2) is 29.3 Å². The number of nitrogens with one attached hydrogen (secondary N) is 2. The summed E-state index contributed by atoms with van der Waals surface area (Å²) in [6, 6.07) is 8.55. The number of nitrogens with zero attached hydrogens (tertiary/aromatic N) is 2. The first-order valence-electron chi connectivity index (χ1n) is 5.26. The number of hydrogen-bond donors (Lipinski definition) is 2. The van der Waals surface area contributed by atoms with E-state index in [4.69, 9.17) is 4.42 Å². The first-order valence-corrected chi connectivity index (χ1v) is 5.26. The molecule has 5 nitrogen and oxygen atoms in total. The summed E-state index contributed by atoms with van der Waals surface area (Å²) in [7, 11) is 0. The van der Waals surface area contributed by atoms with Crippen LogP contribution in [0.5, 0.6) is 0 Å². The zero-order valence-electron chi connectivity index (χ0n) is 8.68. The monoisotopic (exact) mass is 216 g/mol. The molecular weight excluding hydrogens is 204 g/mol. The minimum absolute atomic E-state index is 0.550. The van der Waals surface area contributed by atoms with Crippen LogP contribution < -0.4 is 10.6 Å². The molecule has 2 N–H and O–H groups in total. The molecule has 5 heteroatoms. The van der Waals surface area contributed by atoms with E-state index in [-0.39, 0.29) is 0 Å². The fourth-order valence-electron chi connectivity index (χ4n) is 1.63. The van der Waals surface area contributed by atoms with Gasteiger partial charge in [0.25, 0.3) is 0 Å². The fourth-order valence-corrected chi connectivity index (χ4v) is 1.63. The van der Waals surface area contributed by atoms with E-state index in [0.717, 1.165) is 24.3 Å². The van der Waals surface area contributed by atoms with Gasteiger partial charge in [-0.3, -0.25) is 0 Å². The maximum absolute atomic E-state index is 5.12. The Bertz CT molecular complexity index is 447. The van der Waals surface area contributed by atoms with Gasteiger partial charge in [-0.25, -0.2) is 0 Å². The number of anilines is 1. The summed E-state index contributed by atoms with van der Waals surface area (Å²) in [5.41, 5.74) is 2.06. The zero-order valence-corrected chi connectivity index (χ0v) is 8.68. The molecule has 1 aromatic heterocycles. The first kappa shape index (κ1) is 9.35. The van der Waals surface area contributed by atoms with Crippen molar-refractivity contribution in [2.75, 3.05) is 18.4 Å². The van der Waals surface area contributed by atoms with Gasteiger partial charge in [0, 0.05) is 24.3 Å². The van der Waals surface area contributed by atoms with E-state index in [2.05, 4.69) is 20.8 Å². The number of hydrogen-bond acceptors (Lipinski definition) is 5. The third-order valence-corrected chi connectivity index (χ3v) is 2.64. The quantitative estimate of drug-likeness (QED) is 0.805. The molecule has 1 saturated heterocycles. The molecule has 0 spiro atoms. The van der Waals surface area contributed by atoms with E-state index in [1.807, 2.05) is 24.3 Å². The van der Waals surface area contributed by atoms with Gasteiger partial charge in [-0.2, -0.15) is 0 Å². The van der Waals surface area contributed by atoms with Gasteiger partial charge in [-0.05, 0) is 24.3 Å². The van der Waals surface area contributed by atoms with Crippen LogP contribution in [0.2, 0.25) is 0 Å². The Morgan fingerprint density at radius 1 is 1.25 bits per heavy atom. The highest BCUT2D eigenvalue weighted by Gasteiger charge is 2.15. The van der Waals surface area contributed by atoms with Crippen molar-refractivity contribution in [1.82, 2.24) is 15.5 Å². The number of rotatable bonds is 3. The van der Waals surface area contributed by atoms with Gasteiger partial charge in [-0.15, -0.1) is 10.2 Å². The first-order chi connectivity index (χ1) is 7.92. The Hall–Kier alpha value is -1.88. The van der Waals surface area contributed by atoms with E-state index in [1.54, 1.807) is 0 Å². The van der Waals surface area contributed by atoms with Crippen molar-refractivity contribution >= 4 is 5.69 Å². The van der Waals surface area contributed by atoms with Crippen molar-refractivity contribution in [2.24, 2.45) is 0 Å². The fraction of sp³-hybridized carbons (Fsp3) is 0.273. The lowest BCUT2D eigenvalue weighted by molar-refractivity contribution is 0.472. The summed E-state index contributed by atoms with van der Waals surface area (Å²) < 4.78 is 5.12. The predicted molar refractivity (Wildman–Crippen MR) is 60.0 cm³/mol. The Morgan fingerprint density at radius 3 is 2.62 bits per heavy atom. The van der Waals surface area contributed by atoms with Crippen molar-refractivity contribution in [3.8, 4) is 11.5 Å². The van der Waals surface area contributed by atoms with Crippen LogP contribution >= 0.6 is 0 Å². The van der Waals surface area contributed by atoms with Crippen molar-refractivity contribution in [3.63, 3.8) is 0 Å². The van der Waals surface area contributed by atoms with Gasteiger partial charge >= 0.3 is 0 Å². The van der Waals surface area contributed by atoms with Gasteiger partial charge in [0.1, 0.15) is 0 Å². The van der Waals surface area contributed by atoms with E-state index >= 15 is 0 Å². The number of aromatic nitrogens is 2. The molecule has 0 saturated carbocycles. The summed E-state index contributed by atoms with van der Waals surface area (Å²) in [6.45, 7) is 2.07. The highest BCUT2D eigenvalue weighted by molar-refractivity contribution is 5.58. The topological polar surface area (TPSA) is 63.0 Å². The minimum Gasteiger partial charge on any atom is -0.423 e. The van der Waals surface area contributed by atoms with Crippen LogP contribution in [-0.2, 0) is 0 Å². The normalized spacial score (nSPS) is 15.8. The molecule has 1 aromatic carbocycles. The molecule has 0 unspecified atom stereocenters. The summed E-state index contributed by atoms with van der Waals surface area (Å²) in [6.07, 6.45) is 1.33. The lowest BCUT2D eigenvalue weighted by atomic mass is 10.1. The van der Waals surface area contributed by atoms with Crippen molar-refractivity contribution in [1.29, 1.82) is 0 Å². The molecule has 0 amide bonds. The Morgan fingerprint density at radius 2 is 2.06 bits per heavy atom. The van der Waals surface area contributed by atoms with Crippen molar-refractivity contribution in [2.45, 2.75) is 6.04 Å². The van der Waals surface area contributed by atoms with Gasteiger partial charge in [0.2, 0.25) is 12.3 Å². The maximum atomic E-state index is 5.12. The largest absolute Gasteiger partial charge is 0.423 e. The lowest BCUT2D eigenvalue weighted by Crippen LogP contribution is -2.51. The molecule has 0 radical (unpaired) electrons. The Labute approximate surface area is 92.9 Å². The summed E-state index contributed by atoms with van der Waals surface area (Å²) >= 11 is 0. The molecule has 1 fully saturated rings.